The summed E-state index contributed by atoms with van der Waals surface area (Å²) in [7, 11) is 3.77. The molecule has 1 fully saturated rings. The fraction of sp³-hybridized carbons (Fsp3) is 0.538. The number of hydrogen-bond acceptors (Lipinski definition) is 3. The van der Waals surface area contributed by atoms with Crippen molar-refractivity contribution < 1.29 is 9.84 Å². The van der Waals surface area contributed by atoms with E-state index in [4.69, 9.17) is 4.74 Å². The molecule has 1 aliphatic rings. The lowest BCUT2D eigenvalue weighted by atomic mass is 9.88. The average Bonchev–Trinajstić information content (AvgIpc) is 2.32. The van der Waals surface area contributed by atoms with Gasteiger partial charge in [-0.05, 0) is 31.2 Å². The number of aliphatic hydroxyl groups excluding tert-OH is 1. The van der Waals surface area contributed by atoms with Gasteiger partial charge in [-0.2, -0.15) is 0 Å². The summed E-state index contributed by atoms with van der Waals surface area (Å²) in [5.74, 6) is 1.06. The number of hydrogen-bond donors (Lipinski definition) is 1. The largest absolute Gasteiger partial charge is 0.497 e. The van der Waals surface area contributed by atoms with Gasteiger partial charge in [-0.1, -0.05) is 12.1 Å². The van der Waals surface area contributed by atoms with Crippen LogP contribution >= 0.6 is 0 Å². The van der Waals surface area contributed by atoms with E-state index in [1.807, 2.05) is 18.2 Å². The fourth-order valence-electron chi connectivity index (χ4n) is 2.30. The van der Waals surface area contributed by atoms with Gasteiger partial charge in [0.25, 0.3) is 0 Å². The van der Waals surface area contributed by atoms with Crippen molar-refractivity contribution in [1.29, 1.82) is 0 Å². The number of piperidine rings is 1. The molecule has 3 heteroatoms. The lowest BCUT2D eigenvalue weighted by Gasteiger charge is -2.34. The molecule has 16 heavy (non-hydrogen) atoms. The summed E-state index contributed by atoms with van der Waals surface area (Å²) in [6.45, 7) is 1.88. The van der Waals surface area contributed by atoms with Gasteiger partial charge in [0, 0.05) is 19.0 Å². The van der Waals surface area contributed by atoms with Crippen LogP contribution in [-0.4, -0.2) is 43.4 Å². The molecule has 2 atom stereocenters. The van der Waals surface area contributed by atoms with E-state index in [0.717, 1.165) is 25.3 Å². The summed E-state index contributed by atoms with van der Waals surface area (Å²) in [5.41, 5.74) is 1.17. The number of methoxy groups -OCH3 is 1. The van der Waals surface area contributed by atoms with Crippen molar-refractivity contribution in [3.05, 3.63) is 29.8 Å². The van der Waals surface area contributed by atoms with E-state index in [-0.39, 0.29) is 12.0 Å². The SMILES string of the molecule is COc1cccc([C@H]2CN(C)CC[C@H]2O)c1. The Morgan fingerprint density at radius 2 is 2.25 bits per heavy atom. The third-order valence-corrected chi connectivity index (χ3v) is 3.30. The number of benzene rings is 1. The minimum absolute atomic E-state index is 0.203. The van der Waals surface area contributed by atoms with Gasteiger partial charge in [-0.3, -0.25) is 0 Å². The molecule has 0 spiro atoms. The van der Waals surface area contributed by atoms with Crippen LogP contribution in [0.1, 0.15) is 17.9 Å². The molecule has 0 unspecified atom stereocenters. The Hall–Kier alpha value is -1.06. The third kappa shape index (κ3) is 2.36. The number of aliphatic hydroxyl groups is 1. The molecule has 1 heterocycles. The lowest BCUT2D eigenvalue weighted by Crippen LogP contribution is -2.39. The molecule has 0 aromatic heterocycles. The highest BCUT2D eigenvalue weighted by molar-refractivity contribution is 5.32. The molecule has 0 radical (unpaired) electrons. The quantitative estimate of drug-likeness (QED) is 0.821. The molecule has 1 aromatic carbocycles. The number of ether oxygens (including phenoxy) is 1. The second-order valence-electron chi connectivity index (χ2n) is 4.50. The van der Waals surface area contributed by atoms with Crippen LogP contribution < -0.4 is 4.74 Å². The van der Waals surface area contributed by atoms with Gasteiger partial charge in [-0.25, -0.2) is 0 Å². The van der Waals surface area contributed by atoms with E-state index < -0.39 is 0 Å². The van der Waals surface area contributed by atoms with Crippen molar-refractivity contribution in [2.75, 3.05) is 27.2 Å². The molecule has 1 aromatic rings. The first-order valence-electron chi connectivity index (χ1n) is 5.71. The molecule has 1 saturated heterocycles. The van der Waals surface area contributed by atoms with Crippen LogP contribution in [0.15, 0.2) is 24.3 Å². The van der Waals surface area contributed by atoms with Crippen LogP contribution in [0.5, 0.6) is 5.75 Å². The molecular weight excluding hydrogens is 202 g/mol. The summed E-state index contributed by atoms with van der Waals surface area (Å²) in [6, 6.07) is 8.00. The monoisotopic (exact) mass is 221 g/mol. The zero-order chi connectivity index (χ0) is 11.5. The second kappa shape index (κ2) is 4.85. The van der Waals surface area contributed by atoms with Crippen LogP contribution in [0.25, 0.3) is 0 Å². The summed E-state index contributed by atoms with van der Waals surface area (Å²) in [5, 5.41) is 10.0. The zero-order valence-corrected chi connectivity index (χ0v) is 9.89. The van der Waals surface area contributed by atoms with Crippen LogP contribution in [0.4, 0.5) is 0 Å². The van der Waals surface area contributed by atoms with Gasteiger partial charge in [0.05, 0.1) is 13.2 Å². The molecular formula is C13H19NO2. The Balaban J connectivity index is 2.20. The molecule has 88 valence electrons. The van der Waals surface area contributed by atoms with E-state index in [1.54, 1.807) is 7.11 Å². The molecule has 0 bridgehead atoms. The van der Waals surface area contributed by atoms with Crippen molar-refractivity contribution in [3.8, 4) is 5.75 Å². The maximum atomic E-state index is 10.0. The van der Waals surface area contributed by atoms with Crippen molar-refractivity contribution in [3.63, 3.8) is 0 Å². The van der Waals surface area contributed by atoms with Gasteiger partial charge >= 0.3 is 0 Å². The third-order valence-electron chi connectivity index (χ3n) is 3.30. The van der Waals surface area contributed by atoms with Gasteiger partial charge in [-0.15, -0.1) is 0 Å². The van der Waals surface area contributed by atoms with Crippen molar-refractivity contribution >= 4 is 0 Å². The van der Waals surface area contributed by atoms with Crippen LogP contribution in [0.3, 0.4) is 0 Å². The highest BCUT2D eigenvalue weighted by atomic mass is 16.5. The maximum absolute atomic E-state index is 10.0. The van der Waals surface area contributed by atoms with Gasteiger partial charge in [0.1, 0.15) is 5.75 Å². The highest BCUT2D eigenvalue weighted by Crippen LogP contribution is 2.28. The zero-order valence-electron chi connectivity index (χ0n) is 9.89. The predicted molar refractivity (Wildman–Crippen MR) is 63.9 cm³/mol. The summed E-state index contributed by atoms with van der Waals surface area (Å²) >= 11 is 0. The first-order chi connectivity index (χ1) is 7.70. The molecule has 1 N–H and O–H groups in total. The predicted octanol–water partition coefficient (Wildman–Crippen LogP) is 1.48. The van der Waals surface area contributed by atoms with E-state index >= 15 is 0 Å². The Morgan fingerprint density at radius 1 is 1.44 bits per heavy atom. The van der Waals surface area contributed by atoms with E-state index in [0.29, 0.717) is 0 Å². The molecule has 0 saturated carbocycles. The summed E-state index contributed by atoms with van der Waals surface area (Å²) in [6.07, 6.45) is 0.613. The highest BCUT2D eigenvalue weighted by Gasteiger charge is 2.27. The summed E-state index contributed by atoms with van der Waals surface area (Å²) in [4.78, 5) is 2.26. The fourth-order valence-corrected chi connectivity index (χ4v) is 2.30. The van der Waals surface area contributed by atoms with Crippen molar-refractivity contribution in [1.82, 2.24) is 4.90 Å². The molecule has 1 aliphatic heterocycles. The van der Waals surface area contributed by atoms with Crippen molar-refractivity contribution in [2.45, 2.75) is 18.4 Å². The van der Waals surface area contributed by atoms with Crippen LogP contribution in [0, 0.1) is 0 Å². The first kappa shape index (κ1) is 11.4. The minimum Gasteiger partial charge on any atom is -0.497 e. The molecule has 3 nitrogen and oxygen atoms in total. The topological polar surface area (TPSA) is 32.7 Å². The average molecular weight is 221 g/mol. The van der Waals surface area contributed by atoms with Crippen LogP contribution in [-0.2, 0) is 0 Å². The molecule has 0 aliphatic carbocycles. The second-order valence-corrected chi connectivity index (χ2v) is 4.50. The Morgan fingerprint density at radius 3 is 3.00 bits per heavy atom. The maximum Gasteiger partial charge on any atom is 0.119 e. The molecule has 0 amide bonds. The van der Waals surface area contributed by atoms with E-state index in [1.165, 1.54) is 5.56 Å². The van der Waals surface area contributed by atoms with Gasteiger partial charge in [0.2, 0.25) is 0 Å². The smallest absolute Gasteiger partial charge is 0.119 e. The van der Waals surface area contributed by atoms with Crippen LogP contribution in [0.2, 0.25) is 0 Å². The number of likely N-dealkylation sites (tertiary alicyclic amines) is 1. The Labute approximate surface area is 96.6 Å². The van der Waals surface area contributed by atoms with Crippen molar-refractivity contribution in [2.24, 2.45) is 0 Å². The number of nitrogens with zero attached hydrogens (tertiary/aromatic N) is 1. The number of likely N-dealkylation sites (N-methyl/N-ethyl adjacent to an activating group) is 1. The number of rotatable bonds is 2. The lowest BCUT2D eigenvalue weighted by molar-refractivity contribution is 0.0708. The Bertz CT molecular complexity index is 354. The van der Waals surface area contributed by atoms with E-state index in [2.05, 4.69) is 18.0 Å². The minimum atomic E-state index is -0.233. The van der Waals surface area contributed by atoms with Gasteiger partial charge < -0.3 is 14.7 Å². The summed E-state index contributed by atoms with van der Waals surface area (Å²) < 4.78 is 5.21. The normalized spacial score (nSPS) is 26.7. The van der Waals surface area contributed by atoms with Gasteiger partial charge in [0.15, 0.2) is 0 Å². The van der Waals surface area contributed by atoms with E-state index in [9.17, 15) is 5.11 Å². The molecule has 2 rings (SSSR count). The first-order valence-corrected chi connectivity index (χ1v) is 5.71. The standard InChI is InChI=1S/C13H19NO2/c1-14-7-6-13(15)12(9-14)10-4-3-5-11(8-10)16-2/h3-5,8,12-13,15H,6-7,9H2,1-2H3/t12-,13-/m1/s1. The Kier molecular flexibility index (Phi) is 3.46.